The maximum atomic E-state index is 11.0. The molecule has 3 N–H and O–H groups in total. The van der Waals surface area contributed by atoms with E-state index >= 15 is 0 Å². The van der Waals surface area contributed by atoms with E-state index in [9.17, 15) is 9.59 Å². The van der Waals surface area contributed by atoms with Gasteiger partial charge in [-0.1, -0.05) is 6.92 Å². The predicted molar refractivity (Wildman–Crippen MR) is 86.0 cm³/mol. The molecular weight excluding hydrogens is 354 g/mol. The van der Waals surface area contributed by atoms with Crippen molar-refractivity contribution in [2.75, 3.05) is 13.2 Å². The lowest BCUT2D eigenvalue weighted by atomic mass is 10.2. The van der Waals surface area contributed by atoms with E-state index in [1.165, 1.54) is 6.21 Å². The summed E-state index contributed by atoms with van der Waals surface area (Å²) in [5, 5.41) is 3.65. The summed E-state index contributed by atoms with van der Waals surface area (Å²) in [4.78, 5) is 21.6. The minimum absolute atomic E-state index is 0.480. The second-order valence-electron chi connectivity index (χ2n) is 4.17. The van der Waals surface area contributed by atoms with Gasteiger partial charge in [0.15, 0.2) is 11.5 Å². The molecule has 0 fully saturated rings. The Morgan fingerprint density at radius 3 is 2.68 bits per heavy atom. The van der Waals surface area contributed by atoms with Crippen molar-refractivity contribution in [1.82, 2.24) is 5.43 Å². The van der Waals surface area contributed by atoms with Crippen molar-refractivity contribution in [2.45, 2.75) is 20.3 Å². The van der Waals surface area contributed by atoms with E-state index in [-0.39, 0.29) is 0 Å². The molecular formula is C14H18BrN3O4. The van der Waals surface area contributed by atoms with Crippen molar-refractivity contribution < 1.29 is 19.1 Å². The van der Waals surface area contributed by atoms with E-state index < -0.39 is 11.8 Å². The van der Waals surface area contributed by atoms with Gasteiger partial charge in [0.25, 0.3) is 0 Å². The van der Waals surface area contributed by atoms with Crippen LogP contribution in [0.2, 0.25) is 0 Å². The number of halogens is 1. The third-order valence-electron chi connectivity index (χ3n) is 2.39. The molecule has 22 heavy (non-hydrogen) atoms. The van der Waals surface area contributed by atoms with E-state index in [0.717, 1.165) is 6.42 Å². The number of nitrogens with two attached hydrogens (primary N) is 1. The van der Waals surface area contributed by atoms with Crippen LogP contribution in [-0.4, -0.2) is 31.2 Å². The molecule has 0 saturated carbocycles. The smallest absolute Gasteiger partial charge is 0.329 e. The number of hydrogen-bond acceptors (Lipinski definition) is 5. The first kappa shape index (κ1) is 18.0. The van der Waals surface area contributed by atoms with Crippen molar-refractivity contribution in [1.29, 1.82) is 0 Å². The van der Waals surface area contributed by atoms with Gasteiger partial charge < -0.3 is 15.2 Å². The monoisotopic (exact) mass is 371 g/mol. The van der Waals surface area contributed by atoms with Crippen LogP contribution < -0.4 is 20.6 Å². The lowest BCUT2D eigenvalue weighted by Crippen LogP contribution is -2.32. The quantitative estimate of drug-likeness (QED) is 0.431. The second kappa shape index (κ2) is 9.04. The van der Waals surface area contributed by atoms with Crippen molar-refractivity contribution >= 4 is 34.0 Å². The maximum absolute atomic E-state index is 11.0. The Bertz CT molecular complexity index is 575. The lowest BCUT2D eigenvalue weighted by Gasteiger charge is -2.14. The average molecular weight is 372 g/mol. The number of benzene rings is 1. The van der Waals surface area contributed by atoms with Crippen LogP contribution >= 0.6 is 15.9 Å². The Morgan fingerprint density at radius 1 is 1.36 bits per heavy atom. The molecule has 0 spiro atoms. The molecule has 8 heteroatoms. The fourth-order valence-corrected chi connectivity index (χ4v) is 2.06. The average Bonchev–Trinajstić information content (AvgIpc) is 2.46. The number of primary amides is 1. The van der Waals surface area contributed by atoms with Crippen molar-refractivity contribution in [3.05, 3.63) is 22.2 Å². The highest BCUT2D eigenvalue weighted by atomic mass is 79.9. The van der Waals surface area contributed by atoms with Crippen LogP contribution in [0.25, 0.3) is 0 Å². The molecule has 1 rings (SSSR count). The van der Waals surface area contributed by atoms with Gasteiger partial charge in [-0.3, -0.25) is 9.59 Å². The summed E-state index contributed by atoms with van der Waals surface area (Å²) < 4.78 is 11.9. The van der Waals surface area contributed by atoms with Gasteiger partial charge in [-0.15, -0.1) is 0 Å². The zero-order valence-corrected chi connectivity index (χ0v) is 14.0. The molecule has 0 saturated heterocycles. The SMILES string of the molecule is CCCOc1c(Br)cc(/C=N\NC(=O)C(N)=O)cc1OCC. The summed E-state index contributed by atoms with van der Waals surface area (Å²) in [6.45, 7) is 4.93. The van der Waals surface area contributed by atoms with Crippen LogP contribution in [0, 0.1) is 0 Å². The third-order valence-corrected chi connectivity index (χ3v) is 2.97. The van der Waals surface area contributed by atoms with Crippen LogP contribution in [0.15, 0.2) is 21.7 Å². The Hall–Kier alpha value is -2.09. The summed E-state index contributed by atoms with van der Waals surface area (Å²) in [6, 6.07) is 3.48. The third kappa shape index (κ3) is 5.36. The molecule has 0 aliphatic heterocycles. The van der Waals surface area contributed by atoms with E-state index in [2.05, 4.69) is 21.0 Å². The number of nitrogens with one attached hydrogen (secondary N) is 1. The van der Waals surface area contributed by atoms with Gasteiger partial charge in [0.1, 0.15) is 0 Å². The highest BCUT2D eigenvalue weighted by Crippen LogP contribution is 2.36. The topological polar surface area (TPSA) is 103 Å². The first-order chi connectivity index (χ1) is 10.5. The number of amides is 2. The largest absolute Gasteiger partial charge is 0.490 e. The number of hydrazone groups is 1. The molecule has 1 aromatic carbocycles. The molecule has 0 aromatic heterocycles. The summed E-state index contributed by atoms with van der Waals surface area (Å²) in [5.41, 5.74) is 7.48. The van der Waals surface area contributed by atoms with Gasteiger partial charge in [-0.05, 0) is 47.0 Å². The van der Waals surface area contributed by atoms with Gasteiger partial charge in [-0.25, -0.2) is 5.43 Å². The first-order valence-corrected chi connectivity index (χ1v) is 7.50. The highest BCUT2D eigenvalue weighted by Gasteiger charge is 2.12. The number of rotatable bonds is 7. The standard InChI is InChI=1S/C14H18BrN3O4/c1-3-5-22-12-10(15)6-9(7-11(12)21-4-2)8-17-18-14(20)13(16)19/h6-8H,3-5H2,1-2H3,(H2,16,19)(H,18,20)/b17-8-. The van der Waals surface area contributed by atoms with Crippen molar-refractivity contribution in [3.8, 4) is 11.5 Å². The van der Waals surface area contributed by atoms with Crippen molar-refractivity contribution in [2.24, 2.45) is 10.8 Å². The Labute approximate surface area is 137 Å². The van der Waals surface area contributed by atoms with Gasteiger partial charge >= 0.3 is 11.8 Å². The highest BCUT2D eigenvalue weighted by molar-refractivity contribution is 9.10. The molecule has 0 aliphatic rings. The molecule has 0 bridgehead atoms. The number of hydrogen-bond donors (Lipinski definition) is 2. The molecule has 0 atom stereocenters. The van der Waals surface area contributed by atoms with Crippen molar-refractivity contribution in [3.63, 3.8) is 0 Å². The molecule has 7 nitrogen and oxygen atoms in total. The lowest BCUT2D eigenvalue weighted by molar-refractivity contribution is -0.137. The number of carbonyl (C=O) groups is 2. The van der Waals surface area contributed by atoms with E-state index in [1.807, 2.05) is 19.3 Å². The fourth-order valence-electron chi connectivity index (χ4n) is 1.49. The van der Waals surface area contributed by atoms with E-state index in [1.54, 1.807) is 12.1 Å². The number of ether oxygens (including phenoxy) is 2. The minimum Gasteiger partial charge on any atom is -0.490 e. The molecule has 0 heterocycles. The number of carbonyl (C=O) groups excluding carboxylic acids is 2. The maximum Gasteiger partial charge on any atom is 0.329 e. The van der Waals surface area contributed by atoms with Gasteiger partial charge in [0, 0.05) is 0 Å². The molecule has 120 valence electrons. The summed E-state index contributed by atoms with van der Waals surface area (Å²) in [6.07, 6.45) is 2.25. The fraction of sp³-hybridized carbons (Fsp3) is 0.357. The second-order valence-corrected chi connectivity index (χ2v) is 5.03. The zero-order chi connectivity index (χ0) is 16.5. The normalized spacial score (nSPS) is 10.5. The Morgan fingerprint density at radius 2 is 2.09 bits per heavy atom. The predicted octanol–water partition coefficient (Wildman–Crippen LogP) is 1.57. The summed E-state index contributed by atoms with van der Waals surface area (Å²) in [5.74, 6) is -0.907. The van der Waals surface area contributed by atoms with E-state index in [4.69, 9.17) is 15.2 Å². The Kier molecular flexibility index (Phi) is 7.38. The summed E-state index contributed by atoms with van der Waals surface area (Å²) >= 11 is 3.41. The summed E-state index contributed by atoms with van der Waals surface area (Å²) in [7, 11) is 0. The van der Waals surface area contributed by atoms with E-state index in [0.29, 0.717) is 34.7 Å². The van der Waals surface area contributed by atoms with Crippen LogP contribution in [0.5, 0.6) is 11.5 Å². The Balaban J connectivity index is 2.95. The molecule has 0 aliphatic carbocycles. The first-order valence-electron chi connectivity index (χ1n) is 6.71. The van der Waals surface area contributed by atoms with Crippen LogP contribution in [0.4, 0.5) is 0 Å². The zero-order valence-electron chi connectivity index (χ0n) is 12.4. The van der Waals surface area contributed by atoms with Gasteiger partial charge in [-0.2, -0.15) is 5.10 Å². The molecule has 0 unspecified atom stereocenters. The van der Waals surface area contributed by atoms with Crippen LogP contribution in [0.1, 0.15) is 25.8 Å². The number of nitrogens with zero attached hydrogens (tertiary/aromatic N) is 1. The molecule has 1 aromatic rings. The van der Waals surface area contributed by atoms with Gasteiger partial charge in [0.2, 0.25) is 0 Å². The van der Waals surface area contributed by atoms with Crippen LogP contribution in [-0.2, 0) is 9.59 Å². The minimum atomic E-state index is -1.10. The molecule has 2 amide bonds. The van der Waals surface area contributed by atoms with Gasteiger partial charge in [0.05, 0.1) is 23.9 Å². The van der Waals surface area contributed by atoms with Crippen LogP contribution in [0.3, 0.4) is 0 Å². The molecule has 0 radical (unpaired) electrons.